The van der Waals surface area contributed by atoms with Gasteiger partial charge in [0.1, 0.15) is 0 Å². The topological polar surface area (TPSA) is 29.5 Å². The molecule has 1 atom stereocenters. The van der Waals surface area contributed by atoms with E-state index in [2.05, 4.69) is 29.5 Å². The van der Waals surface area contributed by atoms with Crippen molar-refractivity contribution >= 4 is 39.8 Å². The van der Waals surface area contributed by atoms with Gasteiger partial charge < -0.3 is 9.64 Å². The molecule has 0 bridgehead atoms. The molecule has 3 nitrogen and oxygen atoms in total. The maximum atomic E-state index is 12.3. The van der Waals surface area contributed by atoms with Crippen LogP contribution in [-0.4, -0.2) is 36.6 Å². The van der Waals surface area contributed by atoms with Crippen molar-refractivity contribution in [1.29, 1.82) is 0 Å². The highest BCUT2D eigenvalue weighted by Crippen LogP contribution is 2.20. The Labute approximate surface area is 113 Å². The molecule has 0 aliphatic carbocycles. The van der Waals surface area contributed by atoms with Crippen molar-refractivity contribution in [2.75, 3.05) is 19.8 Å². The molecule has 0 aromatic carbocycles. The summed E-state index contributed by atoms with van der Waals surface area (Å²) in [5.41, 5.74) is 0.815. The number of nitrogens with zero attached hydrogens (tertiary/aromatic N) is 1. The minimum atomic E-state index is 0.148. The van der Waals surface area contributed by atoms with Crippen molar-refractivity contribution in [2.24, 2.45) is 0 Å². The highest BCUT2D eigenvalue weighted by molar-refractivity contribution is 14.1. The molecule has 0 radical (unpaired) electrons. The van der Waals surface area contributed by atoms with Crippen molar-refractivity contribution < 1.29 is 9.53 Å². The van der Waals surface area contributed by atoms with Gasteiger partial charge in [0.05, 0.1) is 27.7 Å². The zero-order valence-corrected chi connectivity index (χ0v) is 12.1. The maximum absolute atomic E-state index is 12.3. The number of rotatable bonds is 2. The van der Waals surface area contributed by atoms with E-state index < -0.39 is 0 Å². The van der Waals surface area contributed by atoms with Gasteiger partial charge in [-0.15, -0.1) is 11.3 Å². The molecule has 1 aliphatic heterocycles. The predicted molar refractivity (Wildman–Crippen MR) is 73.0 cm³/mol. The Bertz CT molecular complexity index is 380. The van der Waals surface area contributed by atoms with Gasteiger partial charge in [0.2, 0.25) is 0 Å². The van der Waals surface area contributed by atoms with Crippen LogP contribution in [0.3, 0.4) is 0 Å². The van der Waals surface area contributed by atoms with Crippen LogP contribution in [0, 0.1) is 2.88 Å². The fraction of sp³-hybridized carbons (Fsp3) is 0.545. The summed E-state index contributed by atoms with van der Waals surface area (Å²) in [5.74, 6) is 0.148. The second-order valence-corrected chi connectivity index (χ2v) is 6.58. The molecular formula is C11H14INO2S. The molecule has 0 saturated carbocycles. The summed E-state index contributed by atoms with van der Waals surface area (Å²) in [6.45, 7) is 4.13. The quantitative estimate of drug-likeness (QED) is 0.767. The molecule has 1 fully saturated rings. The van der Waals surface area contributed by atoms with E-state index in [9.17, 15) is 4.79 Å². The van der Waals surface area contributed by atoms with Crippen molar-refractivity contribution in [3.8, 4) is 0 Å². The summed E-state index contributed by atoms with van der Waals surface area (Å²) in [4.78, 5) is 14.2. The molecule has 1 saturated heterocycles. The van der Waals surface area contributed by atoms with Gasteiger partial charge in [-0.05, 0) is 35.1 Å². The minimum Gasteiger partial charge on any atom is -0.377 e. The second kappa shape index (κ2) is 5.46. The number of amides is 1. The van der Waals surface area contributed by atoms with Gasteiger partial charge in [-0.25, -0.2) is 0 Å². The summed E-state index contributed by atoms with van der Waals surface area (Å²) < 4.78 is 6.56. The van der Waals surface area contributed by atoms with Crippen molar-refractivity contribution in [3.63, 3.8) is 0 Å². The SMILES string of the molecule is CCC1COCCN1C(=O)c1csc(I)c1. The van der Waals surface area contributed by atoms with Gasteiger partial charge in [-0.2, -0.15) is 0 Å². The van der Waals surface area contributed by atoms with E-state index in [4.69, 9.17) is 4.74 Å². The molecule has 0 N–H and O–H groups in total. The van der Waals surface area contributed by atoms with Crippen LogP contribution < -0.4 is 0 Å². The molecule has 1 aromatic heterocycles. The Morgan fingerprint density at radius 3 is 3.19 bits per heavy atom. The van der Waals surface area contributed by atoms with Crippen LogP contribution in [0.5, 0.6) is 0 Å². The number of thiophene rings is 1. The lowest BCUT2D eigenvalue weighted by Gasteiger charge is -2.34. The highest BCUT2D eigenvalue weighted by atomic mass is 127. The Hall–Kier alpha value is -0.140. The second-order valence-electron chi connectivity index (χ2n) is 3.78. The largest absolute Gasteiger partial charge is 0.377 e. The Morgan fingerprint density at radius 2 is 2.56 bits per heavy atom. The first-order chi connectivity index (χ1) is 7.72. The van der Waals surface area contributed by atoms with Crippen LogP contribution in [0.1, 0.15) is 23.7 Å². The van der Waals surface area contributed by atoms with Crippen LogP contribution >= 0.6 is 33.9 Å². The van der Waals surface area contributed by atoms with Crippen LogP contribution in [-0.2, 0) is 4.74 Å². The number of hydrogen-bond acceptors (Lipinski definition) is 3. The molecule has 2 heterocycles. The van der Waals surface area contributed by atoms with Gasteiger partial charge in [-0.1, -0.05) is 6.92 Å². The number of carbonyl (C=O) groups excluding carboxylic acids is 1. The van der Waals surface area contributed by atoms with E-state index in [0.717, 1.165) is 14.9 Å². The molecule has 5 heteroatoms. The van der Waals surface area contributed by atoms with Gasteiger partial charge in [0, 0.05) is 11.9 Å². The monoisotopic (exact) mass is 351 g/mol. The van der Waals surface area contributed by atoms with E-state index in [1.807, 2.05) is 16.3 Å². The molecule has 88 valence electrons. The van der Waals surface area contributed by atoms with Crippen LogP contribution in [0.2, 0.25) is 0 Å². The van der Waals surface area contributed by atoms with E-state index in [0.29, 0.717) is 19.8 Å². The van der Waals surface area contributed by atoms with E-state index in [-0.39, 0.29) is 11.9 Å². The molecule has 1 amide bonds. The summed E-state index contributed by atoms with van der Waals surface area (Å²) in [6, 6.07) is 2.19. The fourth-order valence-electron chi connectivity index (χ4n) is 1.85. The normalized spacial score (nSPS) is 21.1. The fourth-order valence-corrected chi connectivity index (χ4v) is 3.17. The highest BCUT2D eigenvalue weighted by Gasteiger charge is 2.27. The number of hydrogen-bond donors (Lipinski definition) is 0. The van der Waals surface area contributed by atoms with Gasteiger partial charge in [0.25, 0.3) is 5.91 Å². The predicted octanol–water partition coefficient (Wildman–Crippen LogP) is 2.60. The first-order valence-corrected chi connectivity index (χ1v) is 7.31. The van der Waals surface area contributed by atoms with Crippen molar-refractivity contribution in [3.05, 3.63) is 19.9 Å². The molecule has 0 spiro atoms. The molecule has 1 aromatic rings. The lowest BCUT2D eigenvalue weighted by molar-refractivity contribution is -0.00277. The zero-order valence-electron chi connectivity index (χ0n) is 9.11. The average Bonchev–Trinajstić information content (AvgIpc) is 2.75. The smallest absolute Gasteiger partial charge is 0.255 e. The van der Waals surface area contributed by atoms with Crippen LogP contribution in [0.25, 0.3) is 0 Å². The number of halogens is 1. The minimum absolute atomic E-state index is 0.148. The van der Waals surface area contributed by atoms with Gasteiger partial charge in [-0.3, -0.25) is 4.79 Å². The number of ether oxygens (including phenoxy) is 1. The van der Waals surface area contributed by atoms with E-state index >= 15 is 0 Å². The van der Waals surface area contributed by atoms with Gasteiger partial charge >= 0.3 is 0 Å². The molecule has 1 aliphatic rings. The summed E-state index contributed by atoms with van der Waals surface area (Å²) in [7, 11) is 0. The Kier molecular flexibility index (Phi) is 4.21. The van der Waals surface area contributed by atoms with Crippen LogP contribution in [0.4, 0.5) is 0 Å². The van der Waals surface area contributed by atoms with Gasteiger partial charge in [0.15, 0.2) is 0 Å². The molecular weight excluding hydrogens is 337 g/mol. The number of morpholine rings is 1. The molecule has 16 heavy (non-hydrogen) atoms. The first-order valence-electron chi connectivity index (χ1n) is 5.35. The van der Waals surface area contributed by atoms with E-state index in [1.54, 1.807) is 11.3 Å². The van der Waals surface area contributed by atoms with Crippen molar-refractivity contribution in [2.45, 2.75) is 19.4 Å². The summed E-state index contributed by atoms with van der Waals surface area (Å²) in [5, 5.41) is 1.94. The molecule has 1 unspecified atom stereocenters. The Morgan fingerprint density at radius 1 is 1.75 bits per heavy atom. The van der Waals surface area contributed by atoms with Crippen molar-refractivity contribution in [1.82, 2.24) is 4.90 Å². The number of carbonyl (C=O) groups is 1. The molecule has 2 rings (SSSR count). The summed E-state index contributed by atoms with van der Waals surface area (Å²) >= 11 is 3.86. The standard InChI is InChI=1S/C11H14INO2S/c1-2-9-6-15-4-3-13(9)11(14)8-5-10(12)16-7-8/h5,7,9H,2-4,6H2,1H3. The third kappa shape index (κ3) is 2.57. The first kappa shape index (κ1) is 12.3. The van der Waals surface area contributed by atoms with Crippen LogP contribution in [0.15, 0.2) is 11.4 Å². The third-order valence-electron chi connectivity index (χ3n) is 2.77. The zero-order chi connectivity index (χ0) is 11.5. The van der Waals surface area contributed by atoms with E-state index in [1.165, 1.54) is 0 Å². The average molecular weight is 351 g/mol. The lowest BCUT2D eigenvalue weighted by atomic mass is 10.1. The third-order valence-corrected chi connectivity index (χ3v) is 4.56. The maximum Gasteiger partial charge on any atom is 0.255 e. The summed E-state index contributed by atoms with van der Waals surface area (Å²) in [6.07, 6.45) is 0.951. The lowest BCUT2D eigenvalue weighted by Crippen LogP contribution is -2.48. The Balaban J connectivity index is 2.13.